The molecule has 2 atom stereocenters. The molecule has 0 saturated carbocycles. The Hall–Kier alpha value is -0.300. The van der Waals surface area contributed by atoms with Crippen LogP contribution >= 0.6 is 0 Å². The van der Waals surface area contributed by atoms with E-state index < -0.39 is 0 Å². The van der Waals surface area contributed by atoms with Crippen LogP contribution in [0.25, 0.3) is 0 Å². The van der Waals surface area contributed by atoms with Gasteiger partial charge in [0.1, 0.15) is 0 Å². The Morgan fingerprint density at radius 2 is 2.08 bits per heavy atom. The molecule has 1 heteroatoms. The lowest BCUT2D eigenvalue weighted by atomic mass is 9.94. The molecule has 2 unspecified atom stereocenters. The normalized spacial score (nSPS) is 27.8. The van der Waals surface area contributed by atoms with Crippen molar-refractivity contribution in [2.24, 2.45) is 5.92 Å². The van der Waals surface area contributed by atoms with E-state index in [2.05, 4.69) is 31.3 Å². The maximum absolute atomic E-state index is 3.59. The molecule has 0 aromatic heterocycles. The highest BCUT2D eigenvalue weighted by Gasteiger charge is 2.10. The van der Waals surface area contributed by atoms with Gasteiger partial charge in [0.05, 0.1) is 0 Å². The Morgan fingerprint density at radius 3 is 2.69 bits per heavy atom. The van der Waals surface area contributed by atoms with E-state index in [9.17, 15) is 0 Å². The van der Waals surface area contributed by atoms with E-state index in [1.54, 1.807) is 0 Å². The first-order valence-corrected chi connectivity index (χ1v) is 5.74. The van der Waals surface area contributed by atoms with Crippen LogP contribution in [0, 0.1) is 5.92 Å². The lowest BCUT2D eigenvalue weighted by Gasteiger charge is -2.21. The van der Waals surface area contributed by atoms with Crippen LogP contribution in [-0.2, 0) is 0 Å². The van der Waals surface area contributed by atoms with Crippen molar-refractivity contribution in [2.45, 2.75) is 52.0 Å². The van der Waals surface area contributed by atoms with Crippen molar-refractivity contribution in [3.63, 3.8) is 0 Å². The molecule has 1 aliphatic rings. The molecular weight excluding hydrogens is 158 g/mol. The summed E-state index contributed by atoms with van der Waals surface area (Å²) in [4.78, 5) is 0. The number of nitrogens with one attached hydrogen (secondary N) is 1. The van der Waals surface area contributed by atoms with Gasteiger partial charge in [-0.05, 0) is 31.7 Å². The summed E-state index contributed by atoms with van der Waals surface area (Å²) < 4.78 is 0. The number of rotatable bonds is 5. The van der Waals surface area contributed by atoms with Gasteiger partial charge in [-0.3, -0.25) is 0 Å². The molecule has 0 aromatic carbocycles. The van der Waals surface area contributed by atoms with Gasteiger partial charge in [0.25, 0.3) is 0 Å². The molecule has 0 amide bonds. The van der Waals surface area contributed by atoms with Gasteiger partial charge in [-0.25, -0.2) is 0 Å². The van der Waals surface area contributed by atoms with Crippen LogP contribution < -0.4 is 5.32 Å². The van der Waals surface area contributed by atoms with Crippen LogP contribution in [0.3, 0.4) is 0 Å². The fraction of sp³-hybridized carbons (Fsp3) is 0.833. The molecule has 0 spiro atoms. The maximum Gasteiger partial charge on any atom is 0.0250 e. The van der Waals surface area contributed by atoms with Gasteiger partial charge in [-0.15, -0.1) is 0 Å². The van der Waals surface area contributed by atoms with Gasteiger partial charge in [0.15, 0.2) is 0 Å². The van der Waals surface area contributed by atoms with Crippen LogP contribution in [0.2, 0.25) is 0 Å². The molecule has 0 fully saturated rings. The summed E-state index contributed by atoms with van der Waals surface area (Å²) in [6.07, 6.45) is 11.4. The third-order valence-corrected chi connectivity index (χ3v) is 2.79. The van der Waals surface area contributed by atoms with Crippen molar-refractivity contribution in [3.8, 4) is 0 Å². The van der Waals surface area contributed by atoms with Gasteiger partial charge >= 0.3 is 0 Å². The standard InChI is InChI=1S/C12H23N/c1-3-4-5-10-13-12-8-6-11(2)7-9-12/h6,8,11-13H,3-5,7,9-10H2,1-2H3. The summed E-state index contributed by atoms with van der Waals surface area (Å²) in [5.41, 5.74) is 0. The first kappa shape index (κ1) is 10.8. The maximum atomic E-state index is 3.59. The van der Waals surface area contributed by atoms with Crippen LogP contribution in [0.15, 0.2) is 12.2 Å². The monoisotopic (exact) mass is 181 g/mol. The zero-order valence-corrected chi connectivity index (χ0v) is 9.05. The molecule has 0 heterocycles. The number of hydrogen-bond donors (Lipinski definition) is 1. The highest BCUT2D eigenvalue weighted by molar-refractivity contribution is 5.00. The van der Waals surface area contributed by atoms with Gasteiger partial charge in [0, 0.05) is 6.04 Å². The van der Waals surface area contributed by atoms with Gasteiger partial charge in [-0.1, -0.05) is 38.8 Å². The first-order chi connectivity index (χ1) is 6.33. The molecule has 13 heavy (non-hydrogen) atoms. The predicted octanol–water partition coefficient (Wildman–Crippen LogP) is 3.12. The van der Waals surface area contributed by atoms with E-state index in [0.29, 0.717) is 6.04 Å². The van der Waals surface area contributed by atoms with E-state index in [1.165, 1.54) is 38.6 Å². The van der Waals surface area contributed by atoms with Crippen LogP contribution in [0.5, 0.6) is 0 Å². The van der Waals surface area contributed by atoms with Crippen molar-refractivity contribution in [3.05, 3.63) is 12.2 Å². The van der Waals surface area contributed by atoms with Crippen molar-refractivity contribution in [1.29, 1.82) is 0 Å². The third kappa shape index (κ3) is 4.47. The quantitative estimate of drug-likeness (QED) is 0.507. The Bertz CT molecular complexity index is 151. The molecule has 0 aromatic rings. The predicted molar refractivity (Wildman–Crippen MR) is 58.9 cm³/mol. The van der Waals surface area contributed by atoms with Crippen LogP contribution in [0.4, 0.5) is 0 Å². The molecule has 0 aliphatic heterocycles. The number of unbranched alkanes of at least 4 members (excludes halogenated alkanes) is 2. The smallest absolute Gasteiger partial charge is 0.0250 e. The molecule has 1 nitrogen and oxygen atoms in total. The molecule has 0 radical (unpaired) electrons. The van der Waals surface area contributed by atoms with Gasteiger partial charge in [-0.2, -0.15) is 0 Å². The summed E-state index contributed by atoms with van der Waals surface area (Å²) in [5.74, 6) is 0.800. The van der Waals surface area contributed by atoms with Gasteiger partial charge in [0.2, 0.25) is 0 Å². The molecule has 0 saturated heterocycles. The summed E-state index contributed by atoms with van der Waals surface area (Å²) in [6, 6.07) is 0.660. The molecule has 76 valence electrons. The fourth-order valence-electron chi connectivity index (χ4n) is 1.79. The van der Waals surface area contributed by atoms with Gasteiger partial charge < -0.3 is 5.32 Å². The third-order valence-electron chi connectivity index (χ3n) is 2.79. The summed E-state index contributed by atoms with van der Waals surface area (Å²) >= 11 is 0. The minimum atomic E-state index is 0.660. The highest BCUT2D eigenvalue weighted by atomic mass is 14.9. The second-order valence-electron chi connectivity index (χ2n) is 4.21. The largest absolute Gasteiger partial charge is 0.311 e. The van der Waals surface area contributed by atoms with Crippen molar-refractivity contribution >= 4 is 0 Å². The number of hydrogen-bond acceptors (Lipinski definition) is 1. The Morgan fingerprint density at radius 1 is 1.23 bits per heavy atom. The summed E-state index contributed by atoms with van der Waals surface area (Å²) in [7, 11) is 0. The highest BCUT2D eigenvalue weighted by Crippen LogP contribution is 2.16. The van der Waals surface area contributed by atoms with Crippen LogP contribution in [-0.4, -0.2) is 12.6 Å². The summed E-state index contributed by atoms with van der Waals surface area (Å²) in [5, 5.41) is 3.59. The molecular formula is C12H23N. The average molecular weight is 181 g/mol. The average Bonchev–Trinajstić information content (AvgIpc) is 2.15. The molecule has 1 rings (SSSR count). The first-order valence-electron chi connectivity index (χ1n) is 5.74. The Kier molecular flexibility index (Phi) is 5.14. The molecule has 0 bridgehead atoms. The second kappa shape index (κ2) is 6.20. The van der Waals surface area contributed by atoms with E-state index in [1.807, 2.05) is 0 Å². The lowest BCUT2D eigenvalue weighted by Crippen LogP contribution is -2.30. The Labute approximate surface area is 82.6 Å². The zero-order chi connectivity index (χ0) is 9.52. The Balaban J connectivity index is 2.05. The van der Waals surface area contributed by atoms with Crippen molar-refractivity contribution in [1.82, 2.24) is 5.32 Å². The van der Waals surface area contributed by atoms with Crippen LogP contribution in [0.1, 0.15) is 46.0 Å². The van der Waals surface area contributed by atoms with E-state index in [0.717, 1.165) is 5.92 Å². The second-order valence-corrected chi connectivity index (χ2v) is 4.21. The topological polar surface area (TPSA) is 12.0 Å². The minimum absolute atomic E-state index is 0.660. The van der Waals surface area contributed by atoms with Crippen molar-refractivity contribution in [2.75, 3.05) is 6.54 Å². The molecule has 1 N–H and O–H groups in total. The van der Waals surface area contributed by atoms with E-state index >= 15 is 0 Å². The minimum Gasteiger partial charge on any atom is -0.311 e. The SMILES string of the molecule is CCCCCNC1C=CC(C)CC1. The lowest BCUT2D eigenvalue weighted by molar-refractivity contribution is 0.466. The van der Waals surface area contributed by atoms with E-state index in [-0.39, 0.29) is 0 Å². The number of allylic oxidation sites excluding steroid dienone is 1. The van der Waals surface area contributed by atoms with Crippen molar-refractivity contribution < 1.29 is 0 Å². The zero-order valence-electron chi connectivity index (χ0n) is 9.05. The fourth-order valence-corrected chi connectivity index (χ4v) is 1.79. The molecule has 1 aliphatic carbocycles. The summed E-state index contributed by atoms with van der Waals surface area (Å²) in [6.45, 7) is 5.74. The van der Waals surface area contributed by atoms with E-state index in [4.69, 9.17) is 0 Å².